The number of nitrogens with one attached hydrogen (secondary N) is 1. The second-order valence-electron chi connectivity index (χ2n) is 5.91. The van der Waals surface area contributed by atoms with Gasteiger partial charge in [-0.3, -0.25) is 4.90 Å². The summed E-state index contributed by atoms with van der Waals surface area (Å²) in [4.78, 5) is 2.62. The molecular formula is C16H28N2O. The molecule has 0 saturated carbocycles. The molecule has 1 aromatic heterocycles. The molecule has 1 aliphatic rings. The SMILES string of the molecule is CCNC1CCN(C(C)c2cc(C)oc2C)C(C)C1. The molecule has 2 heterocycles. The van der Waals surface area contributed by atoms with Crippen LogP contribution in [0.15, 0.2) is 10.5 Å². The van der Waals surface area contributed by atoms with E-state index in [-0.39, 0.29) is 0 Å². The molecule has 0 spiro atoms. The first-order valence-corrected chi connectivity index (χ1v) is 7.59. The lowest BCUT2D eigenvalue weighted by Crippen LogP contribution is -2.48. The van der Waals surface area contributed by atoms with E-state index in [1.165, 1.54) is 24.9 Å². The average Bonchev–Trinajstić information content (AvgIpc) is 2.68. The Balaban J connectivity index is 2.04. The summed E-state index contributed by atoms with van der Waals surface area (Å²) in [6.45, 7) is 13.2. The lowest BCUT2D eigenvalue weighted by Gasteiger charge is -2.41. The topological polar surface area (TPSA) is 28.4 Å². The summed E-state index contributed by atoms with van der Waals surface area (Å²) in [6, 6.07) is 3.97. The molecule has 0 radical (unpaired) electrons. The normalized spacial score (nSPS) is 26.6. The van der Waals surface area contributed by atoms with E-state index >= 15 is 0 Å². The summed E-state index contributed by atoms with van der Waals surface area (Å²) in [5.41, 5.74) is 1.35. The number of aryl methyl sites for hydroxylation is 2. The van der Waals surface area contributed by atoms with Crippen LogP contribution >= 0.6 is 0 Å². The Bertz CT molecular complexity index is 413. The lowest BCUT2D eigenvalue weighted by atomic mass is 9.94. The molecular weight excluding hydrogens is 236 g/mol. The monoisotopic (exact) mass is 264 g/mol. The molecule has 1 aliphatic heterocycles. The Morgan fingerprint density at radius 2 is 2.21 bits per heavy atom. The highest BCUT2D eigenvalue weighted by atomic mass is 16.3. The van der Waals surface area contributed by atoms with Crippen LogP contribution in [0.1, 0.15) is 56.7 Å². The summed E-state index contributed by atoms with van der Waals surface area (Å²) in [6.07, 6.45) is 2.49. The van der Waals surface area contributed by atoms with Gasteiger partial charge in [-0.05, 0) is 53.1 Å². The van der Waals surface area contributed by atoms with Crippen LogP contribution in [0.3, 0.4) is 0 Å². The first kappa shape index (κ1) is 14.6. The molecule has 3 heteroatoms. The summed E-state index contributed by atoms with van der Waals surface area (Å²) < 4.78 is 5.68. The van der Waals surface area contributed by atoms with Crippen molar-refractivity contribution in [2.24, 2.45) is 0 Å². The van der Waals surface area contributed by atoms with Crippen molar-refractivity contribution in [1.29, 1.82) is 0 Å². The van der Waals surface area contributed by atoms with Gasteiger partial charge in [0, 0.05) is 30.2 Å². The minimum absolute atomic E-state index is 0.454. The molecule has 0 aromatic carbocycles. The molecule has 3 unspecified atom stereocenters. The fourth-order valence-corrected chi connectivity index (χ4v) is 3.48. The van der Waals surface area contributed by atoms with E-state index in [1.54, 1.807) is 0 Å². The Labute approximate surface area is 117 Å². The van der Waals surface area contributed by atoms with Crippen molar-refractivity contribution in [3.05, 3.63) is 23.2 Å². The third-order valence-electron chi connectivity index (χ3n) is 4.45. The molecule has 1 fully saturated rings. The van der Waals surface area contributed by atoms with Gasteiger partial charge in [0.1, 0.15) is 11.5 Å². The lowest BCUT2D eigenvalue weighted by molar-refractivity contribution is 0.0953. The molecule has 0 aliphatic carbocycles. The zero-order chi connectivity index (χ0) is 14.0. The Kier molecular flexibility index (Phi) is 4.69. The van der Waals surface area contributed by atoms with Gasteiger partial charge >= 0.3 is 0 Å². The summed E-state index contributed by atoms with van der Waals surface area (Å²) in [5.74, 6) is 2.10. The number of hydrogen-bond acceptors (Lipinski definition) is 3. The van der Waals surface area contributed by atoms with Crippen LogP contribution in [0.2, 0.25) is 0 Å². The largest absolute Gasteiger partial charge is 0.466 e. The third kappa shape index (κ3) is 3.21. The van der Waals surface area contributed by atoms with Crippen LogP contribution in [0.5, 0.6) is 0 Å². The maximum atomic E-state index is 5.68. The molecule has 108 valence electrons. The van der Waals surface area contributed by atoms with E-state index in [4.69, 9.17) is 4.42 Å². The Hall–Kier alpha value is -0.800. The van der Waals surface area contributed by atoms with Gasteiger partial charge in [0.25, 0.3) is 0 Å². The Morgan fingerprint density at radius 3 is 2.74 bits per heavy atom. The van der Waals surface area contributed by atoms with Crippen LogP contribution in [-0.2, 0) is 0 Å². The van der Waals surface area contributed by atoms with Crippen molar-refractivity contribution < 1.29 is 4.42 Å². The maximum absolute atomic E-state index is 5.68. The number of piperidine rings is 1. The van der Waals surface area contributed by atoms with Gasteiger partial charge in [-0.2, -0.15) is 0 Å². The van der Waals surface area contributed by atoms with E-state index in [1.807, 2.05) is 6.92 Å². The number of hydrogen-bond donors (Lipinski definition) is 1. The standard InChI is InChI=1S/C16H28N2O/c1-6-17-15-7-8-18(11(2)9-15)13(4)16-10-12(3)19-14(16)5/h10-11,13,15,17H,6-9H2,1-5H3. The van der Waals surface area contributed by atoms with Gasteiger partial charge in [-0.1, -0.05) is 6.92 Å². The van der Waals surface area contributed by atoms with Crippen LogP contribution in [0.4, 0.5) is 0 Å². The van der Waals surface area contributed by atoms with Gasteiger partial charge < -0.3 is 9.73 Å². The molecule has 0 amide bonds. The van der Waals surface area contributed by atoms with Gasteiger partial charge in [-0.15, -0.1) is 0 Å². The smallest absolute Gasteiger partial charge is 0.105 e. The predicted octanol–water partition coefficient (Wildman–Crippen LogP) is 3.42. The fourth-order valence-electron chi connectivity index (χ4n) is 3.48. The summed E-state index contributed by atoms with van der Waals surface area (Å²) in [7, 11) is 0. The average molecular weight is 264 g/mol. The zero-order valence-corrected chi connectivity index (χ0v) is 13.0. The van der Waals surface area contributed by atoms with E-state index in [0.717, 1.165) is 18.1 Å². The van der Waals surface area contributed by atoms with Crippen LogP contribution in [-0.4, -0.2) is 30.1 Å². The van der Waals surface area contributed by atoms with Gasteiger partial charge in [0.05, 0.1) is 0 Å². The predicted molar refractivity (Wildman–Crippen MR) is 79.5 cm³/mol. The summed E-state index contributed by atoms with van der Waals surface area (Å²) >= 11 is 0. The van der Waals surface area contributed by atoms with E-state index in [2.05, 4.69) is 44.0 Å². The minimum Gasteiger partial charge on any atom is -0.466 e. The number of rotatable bonds is 4. The maximum Gasteiger partial charge on any atom is 0.105 e. The van der Waals surface area contributed by atoms with Crippen molar-refractivity contribution >= 4 is 0 Å². The fraction of sp³-hybridized carbons (Fsp3) is 0.750. The molecule has 19 heavy (non-hydrogen) atoms. The zero-order valence-electron chi connectivity index (χ0n) is 13.0. The molecule has 1 saturated heterocycles. The van der Waals surface area contributed by atoms with Gasteiger partial charge in [-0.25, -0.2) is 0 Å². The van der Waals surface area contributed by atoms with E-state index < -0.39 is 0 Å². The van der Waals surface area contributed by atoms with Crippen molar-refractivity contribution in [1.82, 2.24) is 10.2 Å². The van der Waals surface area contributed by atoms with Crippen LogP contribution in [0, 0.1) is 13.8 Å². The Morgan fingerprint density at radius 1 is 1.47 bits per heavy atom. The molecule has 2 rings (SSSR count). The highest BCUT2D eigenvalue weighted by molar-refractivity contribution is 5.24. The van der Waals surface area contributed by atoms with Crippen molar-refractivity contribution in [2.45, 2.75) is 65.6 Å². The van der Waals surface area contributed by atoms with Gasteiger partial charge in [0.2, 0.25) is 0 Å². The molecule has 3 nitrogen and oxygen atoms in total. The van der Waals surface area contributed by atoms with Gasteiger partial charge in [0.15, 0.2) is 0 Å². The minimum atomic E-state index is 0.454. The third-order valence-corrected chi connectivity index (χ3v) is 4.45. The number of likely N-dealkylation sites (tertiary alicyclic amines) is 1. The van der Waals surface area contributed by atoms with Crippen LogP contribution in [0.25, 0.3) is 0 Å². The first-order chi connectivity index (χ1) is 9.02. The molecule has 1 aromatic rings. The van der Waals surface area contributed by atoms with Crippen molar-refractivity contribution in [3.8, 4) is 0 Å². The first-order valence-electron chi connectivity index (χ1n) is 7.59. The quantitative estimate of drug-likeness (QED) is 0.903. The van der Waals surface area contributed by atoms with E-state index in [9.17, 15) is 0 Å². The van der Waals surface area contributed by atoms with Crippen LogP contribution < -0.4 is 5.32 Å². The van der Waals surface area contributed by atoms with Crippen molar-refractivity contribution in [3.63, 3.8) is 0 Å². The highest BCUT2D eigenvalue weighted by Crippen LogP contribution is 2.31. The second-order valence-corrected chi connectivity index (χ2v) is 5.91. The van der Waals surface area contributed by atoms with E-state index in [0.29, 0.717) is 18.1 Å². The summed E-state index contributed by atoms with van der Waals surface area (Å²) in [5, 5.41) is 3.58. The molecule has 0 bridgehead atoms. The number of furan rings is 1. The molecule has 3 atom stereocenters. The number of nitrogens with zero attached hydrogens (tertiary/aromatic N) is 1. The van der Waals surface area contributed by atoms with Crippen molar-refractivity contribution in [2.75, 3.05) is 13.1 Å². The second kappa shape index (κ2) is 6.10. The molecule has 1 N–H and O–H groups in total. The highest BCUT2D eigenvalue weighted by Gasteiger charge is 2.30.